The first-order valence-corrected chi connectivity index (χ1v) is 6.32. The molecule has 1 atom stereocenters. The Morgan fingerprint density at radius 1 is 1.60 bits per heavy atom. The van der Waals surface area contributed by atoms with Crippen LogP contribution in [0.15, 0.2) is 27.9 Å². The first-order valence-electron chi connectivity index (χ1n) is 4.88. The first kappa shape index (κ1) is 10.7. The van der Waals surface area contributed by atoms with E-state index in [4.69, 9.17) is 4.42 Å². The monoisotopic (exact) mass is 230 g/mol. The molecule has 0 unspecified atom stereocenters. The van der Waals surface area contributed by atoms with Crippen molar-refractivity contribution in [1.82, 2.24) is 9.62 Å². The molecular weight excluding hydrogens is 216 g/mol. The van der Waals surface area contributed by atoms with Crippen molar-refractivity contribution in [3.8, 4) is 0 Å². The summed E-state index contributed by atoms with van der Waals surface area (Å²) in [5, 5.41) is 3.22. The third-order valence-corrected chi connectivity index (χ3v) is 4.17. The standard InChI is InChI=1S/C9H14N2O3S/c1-8-7-11(5-4-10-8)15(12,13)9-3-2-6-14-9/h2-3,6,8,10H,4-5,7H2,1H3/t8-/m0/s1. The lowest BCUT2D eigenvalue weighted by Gasteiger charge is -2.30. The van der Waals surface area contributed by atoms with Gasteiger partial charge >= 0.3 is 0 Å². The lowest BCUT2D eigenvalue weighted by molar-refractivity contribution is 0.301. The highest BCUT2D eigenvalue weighted by Crippen LogP contribution is 2.17. The molecule has 0 aromatic carbocycles. The van der Waals surface area contributed by atoms with Crippen molar-refractivity contribution in [2.45, 2.75) is 18.1 Å². The summed E-state index contributed by atoms with van der Waals surface area (Å²) < 4.78 is 30.4. The Balaban J connectivity index is 2.22. The molecule has 84 valence electrons. The summed E-state index contributed by atoms with van der Waals surface area (Å²) in [6, 6.07) is 3.24. The molecule has 0 amide bonds. The Morgan fingerprint density at radius 2 is 2.40 bits per heavy atom. The quantitative estimate of drug-likeness (QED) is 0.791. The normalized spacial score (nSPS) is 24.2. The van der Waals surface area contributed by atoms with Crippen LogP contribution in [0, 0.1) is 0 Å². The first-order chi connectivity index (χ1) is 7.10. The van der Waals surface area contributed by atoms with Crippen LogP contribution in [0.5, 0.6) is 0 Å². The Hall–Kier alpha value is -0.850. The highest BCUT2D eigenvalue weighted by Gasteiger charge is 2.30. The van der Waals surface area contributed by atoms with E-state index in [-0.39, 0.29) is 11.1 Å². The van der Waals surface area contributed by atoms with Gasteiger partial charge in [-0.05, 0) is 19.1 Å². The van der Waals surface area contributed by atoms with Crippen LogP contribution in [-0.2, 0) is 10.0 Å². The average Bonchev–Trinajstić information content (AvgIpc) is 2.71. The molecule has 1 aliphatic heterocycles. The molecule has 0 spiro atoms. The summed E-state index contributed by atoms with van der Waals surface area (Å²) in [6.45, 7) is 3.63. The average molecular weight is 230 g/mol. The van der Waals surface area contributed by atoms with E-state index >= 15 is 0 Å². The highest BCUT2D eigenvalue weighted by molar-refractivity contribution is 7.89. The van der Waals surface area contributed by atoms with Gasteiger partial charge in [0.05, 0.1) is 6.26 Å². The molecule has 2 rings (SSSR count). The van der Waals surface area contributed by atoms with Gasteiger partial charge < -0.3 is 9.73 Å². The van der Waals surface area contributed by atoms with Gasteiger partial charge in [-0.2, -0.15) is 4.31 Å². The number of piperazine rings is 1. The van der Waals surface area contributed by atoms with Crippen molar-refractivity contribution in [2.24, 2.45) is 0 Å². The van der Waals surface area contributed by atoms with Crippen molar-refractivity contribution in [3.63, 3.8) is 0 Å². The zero-order valence-corrected chi connectivity index (χ0v) is 9.33. The van der Waals surface area contributed by atoms with Gasteiger partial charge in [0.15, 0.2) is 0 Å². The molecule has 6 heteroatoms. The maximum atomic E-state index is 12.0. The fourth-order valence-corrected chi connectivity index (χ4v) is 3.09. The Kier molecular flexibility index (Phi) is 2.81. The van der Waals surface area contributed by atoms with Crippen LogP contribution in [0.4, 0.5) is 0 Å². The molecule has 1 aliphatic rings. The molecule has 0 aliphatic carbocycles. The van der Waals surface area contributed by atoms with Crippen LogP contribution in [0.1, 0.15) is 6.92 Å². The van der Waals surface area contributed by atoms with E-state index in [9.17, 15) is 8.42 Å². The molecule has 2 heterocycles. The van der Waals surface area contributed by atoms with Gasteiger partial charge in [0.25, 0.3) is 10.0 Å². The minimum Gasteiger partial charge on any atom is -0.452 e. The van der Waals surface area contributed by atoms with Crippen LogP contribution in [-0.4, -0.2) is 38.4 Å². The maximum Gasteiger partial charge on any atom is 0.276 e. The lowest BCUT2D eigenvalue weighted by atomic mass is 10.3. The zero-order valence-electron chi connectivity index (χ0n) is 8.51. The fraction of sp³-hybridized carbons (Fsp3) is 0.556. The lowest BCUT2D eigenvalue weighted by Crippen LogP contribution is -2.51. The molecule has 1 aromatic heterocycles. The molecule has 1 saturated heterocycles. The summed E-state index contributed by atoms with van der Waals surface area (Å²) >= 11 is 0. The second-order valence-corrected chi connectivity index (χ2v) is 5.52. The van der Waals surface area contributed by atoms with E-state index in [1.165, 1.54) is 16.6 Å². The maximum absolute atomic E-state index is 12.0. The predicted octanol–water partition coefficient (Wildman–Crippen LogP) is 0.262. The predicted molar refractivity (Wildman–Crippen MR) is 54.9 cm³/mol. The van der Waals surface area contributed by atoms with Crippen molar-refractivity contribution in [3.05, 3.63) is 18.4 Å². The van der Waals surface area contributed by atoms with Gasteiger partial charge in [-0.3, -0.25) is 0 Å². The summed E-state index contributed by atoms with van der Waals surface area (Å²) in [5.74, 6) is 0. The topological polar surface area (TPSA) is 62.6 Å². The number of rotatable bonds is 2. The van der Waals surface area contributed by atoms with Gasteiger partial charge in [-0.25, -0.2) is 8.42 Å². The van der Waals surface area contributed by atoms with Gasteiger partial charge in [-0.1, -0.05) is 0 Å². The van der Waals surface area contributed by atoms with Crippen molar-refractivity contribution in [1.29, 1.82) is 0 Å². The van der Waals surface area contributed by atoms with E-state index in [2.05, 4.69) is 5.32 Å². The molecular formula is C9H14N2O3S. The molecule has 0 radical (unpaired) electrons. The van der Waals surface area contributed by atoms with Crippen LogP contribution >= 0.6 is 0 Å². The van der Waals surface area contributed by atoms with E-state index in [1.54, 1.807) is 6.07 Å². The summed E-state index contributed by atoms with van der Waals surface area (Å²) in [5.41, 5.74) is 0. The van der Waals surface area contributed by atoms with Crippen LogP contribution in [0.25, 0.3) is 0 Å². The minimum atomic E-state index is -3.42. The molecule has 0 bridgehead atoms. The second kappa shape index (κ2) is 3.96. The third kappa shape index (κ3) is 2.06. The van der Waals surface area contributed by atoms with E-state index < -0.39 is 10.0 Å². The van der Waals surface area contributed by atoms with Crippen molar-refractivity contribution < 1.29 is 12.8 Å². The van der Waals surface area contributed by atoms with Crippen molar-refractivity contribution in [2.75, 3.05) is 19.6 Å². The number of hydrogen-bond donors (Lipinski definition) is 1. The Labute approximate surface area is 89.1 Å². The third-order valence-electron chi connectivity index (χ3n) is 2.42. The minimum absolute atomic E-state index is 0.0246. The molecule has 1 N–H and O–H groups in total. The fourth-order valence-electron chi connectivity index (χ4n) is 1.65. The molecule has 15 heavy (non-hydrogen) atoms. The second-order valence-electron chi connectivity index (χ2n) is 3.65. The van der Waals surface area contributed by atoms with E-state index in [0.717, 1.165) is 0 Å². The smallest absolute Gasteiger partial charge is 0.276 e. The van der Waals surface area contributed by atoms with Gasteiger partial charge in [0.2, 0.25) is 5.09 Å². The number of furan rings is 1. The molecule has 5 nitrogen and oxygen atoms in total. The van der Waals surface area contributed by atoms with Crippen molar-refractivity contribution >= 4 is 10.0 Å². The number of hydrogen-bond acceptors (Lipinski definition) is 4. The Morgan fingerprint density at radius 3 is 3.00 bits per heavy atom. The molecule has 0 saturated carbocycles. The summed E-state index contributed by atoms with van der Waals surface area (Å²) in [6.07, 6.45) is 1.37. The zero-order chi connectivity index (χ0) is 10.9. The van der Waals surface area contributed by atoms with Gasteiger partial charge in [0.1, 0.15) is 0 Å². The SMILES string of the molecule is C[C@H]1CN(S(=O)(=O)c2ccco2)CCN1. The molecule has 1 fully saturated rings. The Bertz CT molecular complexity index is 413. The summed E-state index contributed by atoms with van der Waals surface area (Å²) in [7, 11) is -3.42. The van der Waals surface area contributed by atoms with Crippen LogP contribution in [0.3, 0.4) is 0 Å². The van der Waals surface area contributed by atoms with Gasteiger partial charge in [-0.15, -0.1) is 0 Å². The van der Waals surface area contributed by atoms with E-state index in [0.29, 0.717) is 19.6 Å². The van der Waals surface area contributed by atoms with Gasteiger partial charge in [0, 0.05) is 25.7 Å². The summed E-state index contributed by atoms with van der Waals surface area (Å²) in [4.78, 5) is 0. The number of sulfonamides is 1. The highest BCUT2D eigenvalue weighted by atomic mass is 32.2. The number of nitrogens with zero attached hydrogens (tertiary/aromatic N) is 1. The molecule has 1 aromatic rings. The largest absolute Gasteiger partial charge is 0.452 e. The van der Waals surface area contributed by atoms with Crippen LogP contribution in [0.2, 0.25) is 0 Å². The van der Waals surface area contributed by atoms with Crippen LogP contribution < -0.4 is 5.32 Å². The van der Waals surface area contributed by atoms with E-state index in [1.807, 2.05) is 6.92 Å². The number of nitrogens with one attached hydrogen (secondary N) is 1.